The third kappa shape index (κ3) is 4.87. The van der Waals surface area contributed by atoms with Crippen molar-refractivity contribution in [2.75, 3.05) is 4.90 Å². The van der Waals surface area contributed by atoms with Gasteiger partial charge >= 0.3 is 0 Å². The summed E-state index contributed by atoms with van der Waals surface area (Å²) in [6, 6.07) is 81.5. The van der Waals surface area contributed by atoms with Gasteiger partial charge in [0.2, 0.25) is 0 Å². The van der Waals surface area contributed by atoms with Crippen molar-refractivity contribution < 1.29 is 4.42 Å². The first-order valence-corrected chi connectivity index (χ1v) is 20.4. The Bertz CT molecular complexity index is 3330. The lowest BCUT2D eigenvalue weighted by Crippen LogP contribution is -2.28. The molecule has 0 fully saturated rings. The van der Waals surface area contributed by atoms with Gasteiger partial charge in [-0.25, -0.2) is 0 Å². The van der Waals surface area contributed by atoms with Gasteiger partial charge in [-0.1, -0.05) is 194 Å². The monoisotopic (exact) mass is 751 g/mol. The lowest BCUT2D eigenvalue weighted by atomic mass is 9.67. The molecular formula is C57H37NO. The number of rotatable bonds is 6. The number of hydrogen-bond donors (Lipinski definition) is 0. The average molecular weight is 752 g/mol. The molecule has 0 saturated heterocycles. The van der Waals surface area contributed by atoms with Gasteiger partial charge in [-0.2, -0.15) is 0 Å². The summed E-state index contributed by atoms with van der Waals surface area (Å²) in [5.41, 5.74) is 14.2. The van der Waals surface area contributed by atoms with E-state index in [1.807, 2.05) is 0 Å². The lowest BCUT2D eigenvalue weighted by Gasteiger charge is -2.35. The van der Waals surface area contributed by atoms with Crippen LogP contribution in [0.15, 0.2) is 229 Å². The second kappa shape index (κ2) is 13.2. The molecule has 0 N–H and O–H groups in total. The quantitative estimate of drug-likeness (QED) is 0.157. The molecular weight excluding hydrogens is 715 g/mol. The summed E-state index contributed by atoms with van der Waals surface area (Å²) < 4.78 is 7.37. The minimum Gasteiger partial charge on any atom is -0.453 e. The third-order valence-electron chi connectivity index (χ3n) is 12.5. The molecule has 0 saturated carbocycles. The predicted octanol–water partition coefficient (Wildman–Crippen LogP) is 15.4. The number of para-hydroxylation sites is 1. The van der Waals surface area contributed by atoms with Gasteiger partial charge < -0.3 is 9.32 Å². The van der Waals surface area contributed by atoms with E-state index in [9.17, 15) is 0 Å². The van der Waals surface area contributed by atoms with Crippen molar-refractivity contribution >= 4 is 60.5 Å². The SMILES string of the molecule is c1ccc(-c2ccc(N(c3ccccc3)c3ccc4c(c3)C(c3ccccc3)(c3ccccc3)c3ccccc3-4)c3oc4c5ccccc5c5ccccc5c4c23)cc1. The van der Waals surface area contributed by atoms with Crippen molar-refractivity contribution in [1.82, 2.24) is 0 Å². The molecule has 11 aromatic rings. The molecule has 12 rings (SSSR count). The van der Waals surface area contributed by atoms with Crippen molar-refractivity contribution in [2.24, 2.45) is 0 Å². The zero-order chi connectivity index (χ0) is 38.9. The zero-order valence-electron chi connectivity index (χ0n) is 32.2. The standard InChI is InChI=1S/C57H37NO/c1-5-19-38(20-6-1)43-35-36-52(56-53(43)54-48-30-15-13-27-44(48)45-28-14-16-31-49(45)55(54)59-56)58(41-25-11-4-12-26-41)42-33-34-47-46-29-17-18-32-50(46)57(51(47)37-42,39-21-7-2-8-22-39)40-23-9-3-10-24-40/h1-37H. The van der Waals surface area contributed by atoms with Gasteiger partial charge in [-0.3, -0.25) is 0 Å². The minimum absolute atomic E-state index is 0.531. The fourth-order valence-electron chi connectivity index (χ4n) is 10.1. The molecule has 0 unspecified atom stereocenters. The average Bonchev–Trinajstić information content (AvgIpc) is 3.86. The summed E-state index contributed by atoms with van der Waals surface area (Å²) in [6.07, 6.45) is 0. The molecule has 0 bridgehead atoms. The fraction of sp³-hybridized carbons (Fsp3) is 0.0175. The molecule has 1 aliphatic carbocycles. The van der Waals surface area contributed by atoms with E-state index in [-0.39, 0.29) is 0 Å². The maximum atomic E-state index is 7.37. The first-order chi connectivity index (χ1) is 29.3. The van der Waals surface area contributed by atoms with Gasteiger partial charge in [-0.15, -0.1) is 0 Å². The molecule has 276 valence electrons. The highest BCUT2D eigenvalue weighted by Crippen LogP contribution is 2.58. The van der Waals surface area contributed by atoms with Gasteiger partial charge in [-0.05, 0) is 91.0 Å². The van der Waals surface area contributed by atoms with Crippen LogP contribution in [0.25, 0.3) is 65.7 Å². The Morgan fingerprint density at radius 2 is 0.864 bits per heavy atom. The first kappa shape index (κ1) is 33.5. The highest BCUT2D eigenvalue weighted by molar-refractivity contribution is 6.33. The molecule has 0 radical (unpaired) electrons. The second-order valence-corrected chi connectivity index (χ2v) is 15.5. The normalized spacial score (nSPS) is 12.9. The van der Waals surface area contributed by atoms with E-state index in [0.29, 0.717) is 0 Å². The number of benzene rings is 10. The third-order valence-corrected chi connectivity index (χ3v) is 12.5. The Balaban J connectivity index is 1.20. The summed E-state index contributed by atoms with van der Waals surface area (Å²) in [5, 5.41) is 6.96. The maximum absolute atomic E-state index is 7.37. The highest BCUT2D eigenvalue weighted by atomic mass is 16.3. The van der Waals surface area contributed by atoms with E-state index >= 15 is 0 Å². The van der Waals surface area contributed by atoms with Crippen LogP contribution in [0.1, 0.15) is 22.3 Å². The van der Waals surface area contributed by atoms with Crippen molar-refractivity contribution in [2.45, 2.75) is 5.41 Å². The maximum Gasteiger partial charge on any atom is 0.160 e. The topological polar surface area (TPSA) is 16.4 Å². The molecule has 0 spiro atoms. The Kier molecular flexibility index (Phi) is 7.48. The minimum atomic E-state index is -0.531. The Labute approximate surface area is 342 Å². The first-order valence-electron chi connectivity index (χ1n) is 20.4. The summed E-state index contributed by atoms with van der Waals surface area (Å²) in [6.45, 7) is 0. The van der Waals surface area contributed by atoms with Gasteiger partial charge in [0.25, 0.3) is 0 Å². The fourth-order valence-corrected chi connectivity index (χ4v) is 10.1. The lowest BCUT2D eigenvalue weighted by molar-refractivity contribution is 0.673. The van der Waals surface area contributed by atoms with E-state index in [2.05, 4.69) is 229 Å². The van der Waals surface area contributed by atoms with Crippen molar-refractivity contribution in [1.29, 1.82) is 0 Å². The molecule has 2 heteroatoms. The predicted molar refractivity (Wildman–Crippen MR) is 246 cm³/mol. The summed E-state index contributed by atoms with van der Waals surface area (Å²) >= 11 is 0. The second-order valence-electron chi connectivity index (χ2n) is 15.5. The van der Waals surface area contributed by atoms with Gasteiger partial charge in [0.15, 0.2) is 5.58 Å². The number of hydrogen-bond acceptors (Lipinski definition) is 2. The van der Waals surface area contributed by atoms with Crippen LogP contribution in [0, 0.1) is 0 Å². The number of nitrogens with zero attached hydrogens (tertiary/aromatic N) is 1. The molecule has 2 nitrogen and oxygen atoms in total. The van der Waals surface area contributed by atoms with Crippen LogP contribution in [0.2, 0.25) is 0 Å². The van der Waals surface area contributed by atoms with Gasteiger partial charge in [0, 0.05) is 27.5 Å². The molecule has 1 aromatic heterocycles. The molecule has 0 amide bonds. The summed E-state index contributed by atoms with van der Waals surface area (Å²) in [5.74, 6) is 0. The summed E-state index contributed by atoms with van der Waals surface area (Å²) in [4.78, 5) is 2.40. The van der Waals surface area contributed by atoms with E-state index in [1.54, 1.807) is 0 Å². The van der Waals surface area contributed by atoms with Crippen LogP contribution in [0.5, 0.6) is 0 Å². The van der Waals surface area contributed by atoms with Gasteiger partial charge in [0.1, 0.15) is 5.58 Å². The van der Waals surface area contributed by atoms with Crippen molar-refractivity contribution in [3.8, 4) is 22.3 Å². The Hall–Kier alpha value is -7.68. The largest absolute Gasteiger partial charge is 0.453 e. The molecule has 1 heterocycles. The van der Waals surface area contributed by atoms with Crippen LogP contribution in [-0.4, -0.2) is 0 Å². The van der Waals surface area contributed by atoms with Crippen molar-refractivity contribution in [3.63, 3.8) is 0 Å². The Morgan fingerprint density at radius 3 is 1.56 bits per heavy atom. The van der Waals surface area contributed by atoms with E-state index in [4.69, 9.17) is 4.42 Å². The van der Waals surface area contributed by atoms with Crippen LogP contribution in [-0.2, 0) is 5.41 Å². The van der Waals surface area contributed by atoms with E-state index in [0.717, 1.165) is 55.5 Å². The van der Waals surface area contributed by atoms with Gasteiger partial charge in [0.05, 0.1) is 11.1 Å². The number of fused-ring (bicyclic) bond motifs is 11. The molecule has 1 aliphatic rings. The highest BCUT2D eigenvalue weighted by Gasteiger charge is 2.46. The number of furan rings is 1. The molecule has 59 heavy (non-hydrogen) atoms. The smallest absolute Gasteiger partial charge is 0.160 e. The van der Waals surface area contributed by atoms with Crippen molar-refractivity contribution in [3.05, 3.63) is 247 Å². The zero-order valence-corrected chi connectivity index (χ0v) is 32.2. The number of anilines is 3. The van der Waals surface area contributed by atoms with E-state index in [1.165, 1.54) is 49.5 Å². The van der Waals surface area contributed by atoms with Crippen LogP contribution < -0.4 is 4.90 Å². The Morgan fingerprint density at radius 1 is 0.339 bits per heavy atom. The molecule has 0 aliphatic heterocycles. The van der Waals surface area contributed by atoms with Crippen LogP contribution >= 0.6 is 0 Å². The van der Waals surface area contributed by atoms with E-state index < -0.39 is 5.41 Å². The molecule has 10 aromatic carbocycles. The van der Waals surface area contributed by atoms with Crippen LogP contribution in [0.4, 0.5) is 17.1 Å². The molecule has 0 atom stereocenters. The van der Waals surface area contributed by atoms with Crippen LogP contribution in [0.3, 0.4) is 0 Å². The summed E-state index contributed by atoms with van der Waals surface area (Å²) in [7, 11) is 0.